The number of alkyl halides is 1. The number of pyridine rings is 1. The van der Waals surface area contributed by atoms with Crippen LogP contribution in [0.15, 0.2) is 24.3 Å². The Morgan fingerprint density at radius 1 is 1.25 bits per heavy atom. The van der Waals surface area contributed by atoms with Crippen molar-refractivity contribution in [3.8, 4) is 0 Å². The van der Waals surface area contributed by atoms with Crippen LogP contribution in [0.5, 0.6) is 0 Å². The van der Waals surface area contributed by atoms with Crippen LogP contribution in [-0.4, -0.2) is 14.5 Å². The second-order valence-corrected chi connectivity index (χ2v) is 7.13. The predicted octanol–water partition coefficient (Wildman–Crippen LogP) is 4.80. The first-order valence-corrected chi connectivity index (χ1v) is 7.90. The number of rotatable bonds is 3. The van der Waals surface area contributed by atoms with Crippen LogP contribution in [0.4, 0.5) is 0 Å². The van der Waals surface area contributed by atoms with Crippen LogP contribution in [0.25, 0.3) is 11.2 Å². The largest absolute Gasteiger partial charge is 0.306 e. The van der Waals surface area contributed by atoms with E-state index in [2.05, 4.69) is 14.5 Å². The molecule has 20 heavy (non-hydrogen) atoms. The molecule has 1 unspecified atom stereocenters. The Morgan fingerprint density at radius 2 is 2.05 bits per heavy atom. The number of hydrogen-bond donors (Lipinski definition) is 0. The van der Waals surface area contributed by atoms with Crippen molar-refractivity contribution >= 4 is 45.7 Å². The van der Waals surface area contributed by atoms with Gasteiger partial charge in [-0.3, -0.25) is 0 Å². The lowest BCUT2D eigenvalue weighted by atomic mass is 10.3. The van der Waals surface area contributed by atoms with Gasteiger partial charge < -0.3 is 4.57 Å². The van der Waals surface area contributed by atoms with E-state index in [1.165, 1.54) is 0 Å². The number of aromatic nitrogens is 3. The van der Waals surface area contributed by atoms with Crippen LogP contribution in [0.2, 0.25) is 4.34 Å². The number of hydrogen-bond acceptors (Lipinski definition) is 3. The number of imidazole rings is 1. The van der Waals surface area contributed by atoms with Crippen LogP contribution in [-0.2, 0) is 6.54 Å². The third-order valence-electron chi connectivity index (χ3n) is 3.06. The number of thiophene rings is 1. The summed E-state index contributed by atoms with van der Waals surface area (Å²) >= 11 is 13.8. The molecule has 0 fully saturated rings. The van der Waals surface area contributed by atoms with Gasteiger partial charge in [-0.1, -0.05) is 11.6 Å². The zero-order chi connectivity index (χ0) is 14.3. The third-order valence-corrected chi connectivity index (χ3v) is 4.47. The van der Waals surface area contributed by atoms with Gasteiger partial charge in [0.15, 0.2) is 5.65 Å². The summed E-state index contributed by atoms with van der Waals surface area (Å²) < 4.78 is 2.86. The van der Waals surface area contributed by atoms with Gasteiger partial charge in [0, 0.05) is 10.6 Å². The van der Waals surface area contributed by atoms with E-state index < -0.39 is 0 Å². The summed E-state index contributed by atoms with van der Waals surface area (Å²) in [6, 6.07) is 7.88. The fourth-order valence-electron chi connectivity index (χ4n) is 2.17. The summed E-state index contributed by atoms with van der Waals surface area (Å²) in [6.07, 6.45) is 0. The highest BCUT2D eigenvalue weighted by atomic mass is 35.5. The molecule has 3 nitrogen and oxygen atoms in total. The highest BCUT2D eigenvalue weighted by molar-refractivity contribution is 7.16. The smallest absolute Gasteiger partial charge is 0.160 e. The fraction of sp³-hybridized carbons (Fsp3) is 0.286. The molecule has 0 N–H and O–H groups in total. The molecule has 3 aromatic heterocycles. The Kier molecular flexibility index (Phi) is 3.71. The summed E-state index contributed by atoms with van der Waals surface area (Å²) in [5.74, 6) is 0.837. The minimum atomic E-state index is -0.167. The van der Waals surface area contributed by atoms with Crippen molar-refractivity contribution in [1.29, 1.82) is 0 Å². The molecule has 6 heteroatoms. The lowest BCUT2D eigenvalue weighted by Crippen LogP contribution is -2.05. The monoisotopic (exact) mass is 325 g/mol. The molecule has 0 saturated heterocycles. The zero-order valence-corrected chi connectivity index (χ0v) is 13.4. The van der Waals surface area contributed by atoms with E-state index in [1.807, 2.05) is 38.1 Å². The average molecular weight is 326 g/mol. The quantitative estimate of drug-likeness (QED) is 0.647. The predicted molar refractivity (Wildman–Crippen MR) is 85.0 cm³/mol. The molecule has 0 saturated carbocycles. The Hall–Kier alpha value is -1.10. The highest BCUT2D eigenvalue weighted by Crippen LogP contribution is 2.28. The van der Waals surface area contributed by atoms with Gasteiger partial charge in [0.05, 0.1) is 16.3 Å². The molecule has 0 aromatic carbocycles. The Balaban J connectivity index is 2.15. The minimum Gasteiger partial charge on any atom is -0.306 e. The minimum absolute atomic E-state index is 0.167. The van der Waals surface area contributed by atoms with Crippen LogP contribution in [0, 0.1) is 6.92 Å². The lowest BCUT2D eigenvalue weighted by Gasteiger charge is -2.08. The first kappa shape index (κ1) is 13.9. The second kappa shape index (κ2) is 5.35. The summed E-state index contributed by atoms with van der Waals surface area (Å²) in [7, 11) is 0. The summed E-state index contributed by atoms with van der Waals surface area (Å²) in [5.41, 5.74) is 2.72. The van der Waals surface area contributed by atoms with Gasteiger partial charge in [-0.15, -0.1) is 22.9 Å². The molecule has 104 valence electrons. The summed E-state index contributed by atoms with van der Waals surface area (Å²) in [4.78, 5) is 10.4. The molecule has 0 spiro atoms. The van der Waals surface area contributed by atoms with E-state index in [-0.39, 0.29) is 5.38 Å². The van der Waals surface area contributed by atoms with E-state index >= 15 is 0 Å². The van der Waals surface area contributed by atoms with Crippen molar-refractivity contribution in [1.82, 2.24) is 14.5 Å². The van der Waals surface area contributed by atoms with Gasteiger partial charge in [-0.05, 0) is 38.1 Å². The molecule has 0 radical (unpaired) electrons. The molecule has 0 aliphatic carbocycles. The molecule has 3 heterocycles. The SMILES string of the molecule is Cc1ccc2nc(C(C)Cl)n(Cc3ccc(Cl)s3)c2n1. The first-order chi connectivity index (χ1) is 9.54. The lowest BCUT2D eigenvalue weighted by molar-refractivity contribution is 0.743. The Bertz CT molecular complexity index is 761. The van der Waals surface area contributed by atoms with Gasteiger partial charge in [0.2, 0.25) is 0 Å². The van der Waals surface area contributed by atoms with Crippen molar-refractivity contribution in [2.45, 2.75) is 25.8 Å². The molecular formula is C14H13Cl2N3S. The van der Waals surface area contributed by atoms with Crippen LogP contribution < -0.4 is 0 Å². The van der Waals surface area contributed by atoms with E-state index in [1.54, 1.807) is 11.3 Å². The summed E-state index contributed by atoms with van der Waals surface area (Å²) in [6.45, 7) is 4.59. The standard InChI is InChI=1S/C14H13Cl2N3S/c1-8-3-5-11-14(17-8)19(13(18-11)9(2)15)7-10-4-6-12(16)20-10/h3-6,9H,7H2,1-2H3. The van der Waals surface area contributed by atoms with E-state index in [4.69, 9.17) is 23.2 Å². The maximum absolute atomic E-state index is 6.26. The number of halogens is 2. The molecule has 3 aromatic rings. The van der Waals surface area contributed by atoms with Crippen LogP contribution in [0.1, 0.15) is 28.7 Å². The van der Waals surface area contributed by atoms with Gasteiger partial charge in [-0.25, -0.2) is 9.97 Å². The van der Waals surface area contributed by atoms with E-state index in [0.717, 1.165) is 31.9 Å². The molecule has 0 aliphatic rings. The Morgan fingerprint density at radius 3 is 2.70 bits per heavy atom. The molecule has 3 rings (SSSR count). The van der Waals surface area contributed by atoms with Crippen LogP contribution in [0.3, 0.4) is 0 Å². The fourth-order valence-corrected chi connectivity index (χ4v) is 3.41. The molecule has 1 atom stereocenters. The van der Waals surface area contributed by atoms with Gasteiger partial charge >= 0.3 is 0 Å². The molecule has 0 bridgehead atoms. The summed E-state index contributed by atoms with van der Waals surface area (Å²) in [5, 5.41) is -0.167. The number of nitrogens with zero attached hydrogens (tertiary/aromatic N) is 3. The van der Waals surface area contributed by atoms with Gasteiger partial charge in [0.1, 0.15) is 11.3 Å². The third kappa shape index (κ3) is 2.55. The van der Waals surface area contributed by atoms with Gasteiger partial charge in [0.25, 0.3) is 0 Å². The second-order valence-electron chi connectivity index (χ2n) is 4.67. The van der Waals surface area contributed by atoms with E-state index in [0.29, 0.717) is 6.54 Å². The zero-order valence-electron chi connectivity index (χ0n) is 11.1. The first-order valence-electron chi connectivity index (χ1n) is 6.26. The van der Waals surface area contributed by atoms with E-state index in [9.17, 15) is 0 Å². The normalized spacial score (nSPS) is 13.0. The van der Waals surface area contributed by atoms with Crippen LogP contribution >= 0.6 is 34.5 Å². The molecule has 0 aliphatic heterocycles. The maximum Gasteiger partial charge on any atom is 0.160 e. The highest BCUT2D eigenvalue weighted by Gasteiger charge is 2.16. The number of fused-ring (bicyclic) bond motifs is 1. The molecule has 0 amide bonds. The van der Waals surface area contributed by atoms with Crippen molar-refractivity contribution in [3.63, 3.8) is 0 Å². The average Bonchev–Trinajstić information content (AvgIpc) is 2.95. The van der Waals surface area contributed by atoms with Crippen molar-refractivity contribution in [2.75, 3.05) is 0 Å². The number of aryl methyl sites for hydroxylation is 1. The van der Waals surface area contributed by atoms with Gasteiger partial charge in [-0.2, -0.15) is 0 Å². The van der Waals surface area contributed by atoms with Crippen molar-refractivity contribution in [2.24, 2.45) is 0 Å². The molecular weight excluding hydrogens is 313 g/mol. The van der Waals surface area contributed by atoms with Crippen molar-refractivity contribution in [3.05, 3.63) is 45.0 Å². The maximum atomic E-state index is 6.26. The van der Waals surface area contributed by atoms with Crippen molar-refractivity contribution < 1.29 is 0 Å². The Labute approximate surface area is 131 Å². The topological polar surface area (TPSA) is 30.7 Å².